The van der Waals surface area contributed by atoms with E-state index in [2.05, 4.69) is 0 Å². The van der Waals surface area contributed by atoms with E-state index in [9.17, 15) is 9.59 Å². The van der Waals surface area contributed by atoms with E-state index < -0.39 is 0 Å². The fourth-order valence-electron chi connectivity index (χ4n) is 3.92. The highest BCUT2D eigenvalue weighted by Crippen LogP contribution is 2.35. The monoisotopic (exact) mass is 309 g/mol. The van der Waals surface area contributed by atoms with Crippen LogP contribution in [-0.2, 0) is 6.54 Å². The van der Waals surface area contributed by atoms with E-state index in [1.807, 2.05) is 33.7 Å². The number of carbonyl (C=O) groups is 1. The van der Waals surface area contributed by atoms with Crippen molar-refractivity contribution in [1.82, 2.24) is 9.47 Å². The maximum atomic E-state index is 12.8. The van der Waals surface area contributed by atoms with Crippen LogP contribution in [0.2, 0.25) is 0 Å². The van der Waals surface area contributed by atoms with Crippen LogP contribution < -0.4 is 11.3 Å². The summed E-state index contributed by atoms with van der Waals surface area (Å²) in [7, 11) is 0. The summed E-state index contributed by atoms with van der Waals surface area (Å²) in [6, 6.07) is 12.6. The third-order valence-corrected chi connectivity index (χ3v) is 4.96. The summed E-state index contributed by atoms with van der Waals surface area (Å²) in [6.45, 7) is 2.02. The van der Waals surface area contributed by atoms with Crippen molar-refractivity contribution in [1.29, 1.82) is 0 Å². The first-order chi connectivity index (χ1) is 11.1. The number of carbonyl (C=O) groups excluding carboxylic acids is 1. The molecule has 2 aliphatic rings. The molecule has 1 aromatic heterocycles. The van der Waals surface area contributed by atoms with Gasteiger partial charge in [0.05, 0.1) is 5.56 Å². The smallest absolute Gasteiger partial charge is 0.255 e. The number of fused-ring (bicyclic) bond motifs is 4. The number of nitrogen functional groups attached to an aromatic ring is 1. The van der Waals surface area contributed by atoms with Crippen LogP contribution in [0.15, 0.2) is 47.3 Å². The summed E-state index contributed by atoms with van der Waals surface area (Å²) < 4.78 is 1.87. The summed E-state index contributed by atoms with van der Waals surface area (Å²) >= 11 is 0. The second kappa shape index (κ2) is 5.26. The summed E-state index contributed by atoms with van der Waals surface area (Å²) in [4.78, 5) is 26.7. The van der Waals surface area contributed by atoms with E-state index in [1.54, 1.807) is 18.2 Å². The van der Waals surface area contributed by atoms with Crippen molar-refractivity contribution < 1.29 is 4.79 Å². The Morgan fingerprint density at radius 1 is 1.04 bits per heavy atom. The van der Waals surface area contributed by atoms with Gasteiger partial charge in [-0.1, -0.05) is 18.2 Å². The van der Waals surface area contributed by atoms with Crippen LogP contribution in [0.5, 0.6) is 0 Å². The third-order valence-electron chi connectivity index (χ3n) is 4.96. The van der Waals surface area contributed by atoms with Crippen molar-refractivity contribution in [2.45, 2.75) is 18.9 Å². The Hall–Kier alpha value is -2.56. The quantitative estimate of drug-likeness (QED) is 0.815. The lowest BCUT2D eigenvalue weighted by molar-refractivity contribution is 0.0595. The molecular formula is C18H19N3O2. The van der Waals surface area contributed by atoms with Crippen LogP contribution in [-0.4, -0.2) is 28.5 Å². The largest absolute Gasteiger partial charge is 0.398 e. The Morgan fingerprint density at radius 2 is 1.87 bits per heavy atom. The van der Waals surface area contributed by atoms with Crippen molar-refractivity contribution >= 4 is 11.6 Å². The lowest BCUT2D eigenvalue weighted by atomic mass is 9.83. The van der Waals surface area contributed by atoms with Crippen LogP contribution in [0, 0.1) is 5.92 Å². The molecule has 2 bridgehead atoms. The van der Waals surface area contributed by atoms with Gasteiger partial charge in [0, 0.05) is 43.0 Å². The average molecular weight is 309 g/mol. The average Bonchev–Trinajstić information content (AvgIpc) is 2.55. The highest BCUT2D eigenvalue weighted by Gasteiger charge is 2.36. The van der Waals surface area contributed by atoms with Gasteiger partial charge in [0.25, 0.3) is 11.5 Å². The minimum Gasteiger partial charge on any atom is -0.398 e. The molecule has 0 saturated carbocycles. The van der Waals surface area contributed by atoms with Crippen LogP contribution in [0.4, 0.5) is 5.69 Å². The van der Waals surface area contributed by atoms with Crippen LogP contribution in [0.25, 0.3) is 0 Å². The molecule has 1 fully saturated rings. The van der Waals surface area contributed by atoms with Crippen LogP contribution in [0.1, 0.15) is 28.4 Å². The molecule has 3 heterocycles. The first kappa shape index (κ1) is 14.1. The molecule has 2 atom stereocenters. The summed E-state index contributed by atoms with van der Waals surface area (Å²) in [5, 5.41) is 0. The van der Waals surface area contributed by atoms with Crippen molar-refractivity contribution in [2.75, 3.05) is 18.8 Å². The van der Waals surface area contributed by atoms with Crippen LogP contribution in [0.3, 0.4) is 0 Å². The number of hydrogen-bond donors (Lipinski definition) is 1. The molecule has 2 aliphatic heterocycles. The van der Waals surface area contributed by atoms with Crippen molar-refractivity contribution in [3.05, 3.63) is 64.1 Å². The molecule has 4 rings (SSSR count). The van der Waals surface area contributed by atoms with Crippen molar-refractivity contribution in [3.63, 3.8) is 0 Å². The van der Waals surface area contributed by atoms with Gasteiger partial charge in [0.2, 0.25) is 0 Å². The number of nitrogens with two attached hydrogens (primary N) is 1. The van der Waals surface area contributed by atoms with Gasteiger partial charge in [0.1, 0.15) is 0 Å². The standard InChI is InChI=1S/C18H19N3O2/c19-15-5-2-1-4-14(15)18(23)20-9-12-8-13(11-20)16-6-3-7-17(22)21(16)10-12/h1-7,12-13H,8-11,19H2. The minimum absolute atomic E-state index is 0.00970. The highest BCUT2D eigenvalue weighted by atomic mass is 16.2. The Bertz CT molecular complexity index is 827. The molecule has 2 aromatic rings. The Labute approximate surface area is 134 Å². The zero-order valence-electron chi connectivity index (χ0n) is 12.8. The highest BCUT2D eigenvalue weighted by molar-refractivity contribution is 5.99. The van der Waals surface area contributed by atoms with Crippen molar-refractivity contribution in [3.8, 4) is 0 Å². The number of anilines is 1. The second-order valence-electron chi connectivity index (χ2n) is 6.50. The van der Waals surface area contributed by atoms with Gasteiger partial charge in [0.15, 0.2) is 0 Å². The molecule has 23 heavy (non-hydrogen) atoms. The second-order valence-corrected chi connectivity index (χ2v) is 6.50. The molecule has 1 saturated heterocycles. The Morgan fingerprint density at radius 3 is 2.70 bits per heavy atom. The first-order valence-corrected chi connectivity index (χ1v) is 7.97. The zero-order chi connectivity index (χ0) is 16.0. The molecule has 1 amide bonds. The normalized spacial score (nSPS) is 22.5. The number of para-hydroxylation sites is 1. The molecule has 0 radical (unpaired) electrons. The maximum absolute atomic E-state index is 12.8. The topological polar surface area (TPSA) is 68.3 Å². The lowest BCUT2D eigenvalue weighted by Crippen LogP contribution is -2.49. The number of benzene rings is 1. The number of likely N-dealkylation sites (tertiary alicyclic amines) is 1. The van der Waals surface area contributed by atoms with E-state index in [4.69, 9.17) is 5.73 Å². The first-order valence-electron chi connectivity index (χ1n) is 7.97. The lowest BCUT2D eigenvalue weighted by Gasteiger charge is -2.42. The summed E-state index contributed by atoms with van der Waals surface area (Å²) in [5.41, 5.74) is 8.14. The third kappa shape index (κ3) is 2.32. The fraction of sp³-hybridized carbons (Fsp3) is 0.333. The minimum atomic E-state index is -0.00970. The molecule has 2 N–H and O–H groups in total. The molecule has 0 aliphatic carbocycles. The number of piperidine rings is 1. The summed E-state index contributed by atoms with van der Waals surface area (Å²) in [5.74, 6) is 0.546. The van der Waals surface area contributed by atoms with Crippen LogP contribution >= 0.6 is 0 Å². The molecule has 2 unspecified atom stereocenters. The number of rotatable bonds is 1. The van der Waals surface area contributed by atoms with E-state index in [0.29, 0.717) is 36.8 Å². The SMILES string of the molecule is Nc1ccccc1C(=O)N1CC2CC(C1)c1cccc(=O)n1C2. The molecular weight excluding hydrogens is 290 g/mol. The van der Waals surface area contributed by atoms with E-state index >= 15 is 0 Å². The Kier molecular flexibility index (Phi) is 3.22. The van der Waals surface area contributed by atoms with E-state index in [0.717, 1.165) is 12.1 Å². The zero-order valence-corrected chi connectivity index (χ0v) is 12.8. The van der Waals surface area contributed by atoms with Gasteiger partial charge in [-0.3, -0.25) is 9.59 Å². The van der Waals surface area contributed by atoms with Crippen molar-refractivity contribution in [2.24, 2.45) is 5.92 Å². The number of amides is 1. The van der Waals surface area contributed by atoms with Gasteiger partial charge in [-0.15, -0.1) is 0 Å². The van der Waals surface area contributed by atoms with E-state index in [-0.39, 0.29) is 17.4 Å². The van der Waals surface area contributed by atoms with Gasteiger partial charge in [-0.25, -0.2) is 0 Å². The van der Waals surface area contributed by atoms with Gasteiger partial charge in [-0.05, 0) is 30.5 Å². The van der Waals surface area contributed by atoms with Gasteiger partial charge >= 0.3 is 0 Å². The predicted octanol–water partition coefficient (Wildman–Crippen LogP) is 1.69. The molecule has 118 valence electrons. The van der Waals surface area contributed by atoms with Gasteiger partial charge < -0.3 is 15.2 Å². The predicted molar refractivity (Wildman–Crippen MR) is 88.3 cm³/mol. The molecule has 5 nitrogen and oxygen atoms in total. The molecule has 0 spiro atoms. The van der Waals surface area contributed by atoms with Gasteiger partial charge in [-0.2, -0.15) is 0 Å². The Balaban J connectivity index is 1.65. The molecule has 1 aromatic carbocycles. The van der Waals surface area contributed by atoms with E-state index in [1.165, 1.54) is 0 Å². The summed E-state index contributed by atoms with van der Waals surface area (Å²) in [6.07, 6.45) is 1.04. The number of nitrogens with zero attached hydrogens (tertiary/aromatic N) is 2. The number of aromatic nitrogens is 1. The maximum Gasteiger partial charge on any atom is 0.255 e. The fourth-order valence-corrected chi connectivity index (χ4v) is 3.92. The number of hydrogen-bond acceptors (Lipinski definition) is 3. The molecule has 5 heteroatoms. The number of pyridine rings is 1.